The molecule has 2 rings (SSSR count). The van der Waals surface area contributed by atoms with E-state index in [9.17, 15) is 4.79 Å². The van der Waals surface area contributed by atoms with E-state index in [0.29, 0.717) is 6.61 Å². The van der Waals surface area contributed by atoms with E-state index in [1.54, 1.807) is 6.92 Å². The van der Waals surface area contributed by atoms with Gasteiger partial charge in [0.15, 0.2) is 5.78 Å². The first-order valence-electron chi connectivity index (χ1n) is 4.62. The van der Waals surface area contributed by atoms with E-state index in [4.69, 9.17) is 4.74 Å². The number of rotatable bonds is 1. The van der Waals surface area contributed by atoms with Crippen molar-refractivity contribution in [3.8, 4) is 5.75 Å². The highest BCUT2D eigenvalue weighted by molar-refractivity contribution is 5.99. The van der Waals surface area contributed by atoms with Gasteiger partial charge in [-0.15, -0.1) is 0 Å². The summed E-state index contributed by atoms with van der Waals surface area (Å²) in [4.78, 5) is 11.2. The number of benzene rings is 1. The summed E-state index contributed by atoms with van der Waals surface area (Å²) in [6.45, 7) is 3.98. The molecule has 0 N–H and O–H groups in total. The predicted octanol–water partition coefficient (Wildman–Crippen LogP) is 2.36. The summed E-state index contributed by atoms with van der Waals surface area (Å²) in [6, 6.07) is 5.90. The molecule has 72 valence electrons. The van der Waals surface area contributed by atoms with Crippen molar-refractivity contribution >= 4 is 11.9 Å². The van der Waals surface area contributed by atoms with Crippen LogP contribution in [0.15, 0.2) is 23.8 Å². The summed E-state index contributed by atoms with van der Waals surface area (Å²) < 4.78 is 5.49. The highest BCUT2D eigenvalue weighted by atomic mass is 16.5. The number of carbonyl (C=O) groups excluding carboxylic acids is 1. The first-order chi connectivity index (χ1) is 6.68. The SMILES string of the molecule is CC(=O)C1=Cc2c(C)cccc2OC1. The summed E-state index contributed by atoms with van der Waals surface area (Å²) in [5.74, 6) is 0.953. The summed E-state index contributed by atoms with van der Waals surface area (Å²) in [7, 11) is 0. The average Bonchev–Trinajstić information content (AvgIpc) is 2.18. The third kappa shape index (κ3) is 1.43. The molecule has 2 heteroatoms. The number of aryl methyl sites for hydroxylation is 1. The van der Waals surface area contributed by atoms with E-state index in [1.807, 2.05) is 31.2 Å². The Morgan fingerprint density at radius 3 is 2.93 bits per heavy atom. The second-order valence-corrected chi connectivity index (χ2v) is 3.50. The minimum atomic E-state index is 0.0823. The number of hydrogen-bond acceptors (Lipinski definition) is 2. The number of fused-ring (bicyclic) bond motifs is 1. The second kappa shape index (κ2) is 3.29. The number of ether oxygens (including phenoxy) is 1. The minimum absolute atomic E-state index is 0.0823. The van der Waals surface area contributed by atoms with Crippen molar-refractivity contribution in [2.45, 2.75) is 13.8 Å². The average molecular weight is 188 g/mol. The van der Waals surface area contributed by atoms with Crippen LogP contribution < -0.4 is 4.74 Å². The molecule has 1 aliphatic rings. The van der Waals surface area contributed by atoms with Crippen LogP contribution in [0.5, 0.6) is 5.75 Å². The molecule has 0 amide bonds. The Hall–Kier alpha value is -1.57. The zero-order valence-corrected chi connectivity index (χ0v) is 8.33. The van der Waals surface area contributed by atoms with E-state index in [0.717, 1.165) is 22.4 Å². The summed E-state index contributed by atoms with van der Waals surface area (Å²) in [5.41, 5.74) is 2.91. The molecule has 0 radical (unpaired) electrons. The van der Waals surface area contributed by atoms with E-state index in [1.165, 1.54) is 0 Å². The van der Waals surface area contributed by atoms with Crippen molar-refractivity contribution in [1.82, 2.24) is 0 Å². The third-order valence-corrected chi connectivity index (χ3v) is 2.44. The van der Waals surface area contributed by atoms with E-state index in [-0.39, 0.29) is 5.78 Å². The van der Waals surface area contributed by atoms with Gasteiger partial charge in [-0.25, -0.2) is 0 Å². The van der Waals surface area contributed by atoms with Crippen molar-refractivity contribution in [3.63, 3.8) is 0 Å². The summed E-state index contributed by atoms with van der Waals surface area (Å²) >= 11 is 0. The van der Waals surface area contributed by atoms with Crippen LogP contribution in [-0.4, -0.2) is 12.4 Å². The first-order valence-corrected chi connectivity index (χ1v) is 4.62. The Labute approximate surface area is 83.2 Å². The Morgan fingerprint density at radius 1 is 1.43 bits per heavy atom. The normalized spacial score (nSPS) is 14.0. The molecule has 0 saturated heterocycles. The highest BCUT2D eigenvalue weighted by Crippen LogP contribution is 2.28. The molecule has 1 aromatic rings. The third-order valence-electron chi connectivity index (χ3n) is 2.44. The van der Waals surface area contributed by atoms with Crippen LogP contribution in [0.1, 0.15) is 18.1 Å². The Balaban J connectivity index is 2.52. The molecule has 2 nitrogen and oxygen atoms in total. The van der Waals surface area contributed by atoms with Crippen molar-refractivity contribution in [3.05, 3.63) is 34.9 Å². The van der Waals surface area contributed by atoms with Gasteiger partial charge in [-0.3, -0.25) is 4.79 Å². The maximum absolute atomic E-state index is 11.2. The van der Waals surface area contributed by atoms with Gasteiger partial charge >= 0.3 is 0 Å². The lowest BCUT2D eigenvalue weighted by Gasteiger charge is -2.17. The van der Waals surface area contributed by atoms with Crippen LogP contribution in [-0.2, 0) is 4.79 Å². The van der Waals surface area contributed by atoms with Crippen LogP contribution >= 0.6 is 0 Å². The maximum atomic E-state index is 11.2. The quantitative estimate of drug-likeness (QED) is 0.676. The molecule has 0 aromatic heterocycles. The van der Waals surface area contributed by atoms with Gasteiger partial charge < -0.3 is 4.74 Å². The Morgan fingerprint density at radius 2 is 2.21 bits per heavy atom. The fourth-order valence-electron chi connectivity index (χ4n) is 1.54. The van der Waals surface area contributed by atoms with Crippen LogP contribution in [0.3, 0.4) is 0 Å². The fraction of sp³-hybridized carbons (Fsp3) is 0.250. The zero-order valence-electron chi connectivity index (χ0n) is 8.33. The lowest BCUT2D eigenvalue weighted by atomic mass is 10.0. The predicted molar refractivity (Wildman–Crippen MR) is 55.3 cm³/mol. The van der Waals surface area contributed by atoms with E-state index >= 15 is 0 Å². The van der Waals surface area contributed by atoms with Crippen molar-refractivity contribution < 1.29 is 9.53 Å². The molecule has 0 unspecified atom stereocenters. The monoisotopic (exact) mass is 188 g/mol. The van der Waals surface area contributed by atoms with Crippen LogP contribution in [0.4, 0.5) is 0 Å². The van der Waals surface area contributed by atoms with Crippen molar-refractivity contribution in [1.29, 1.82) is 0 Å². The molecular weight excluding hydrogens is 176 g/mol. The van der Waals surface area contributed by atoms with Gasteiger partial charge in [-0.05, 0) is 31.6 Å². The Bertz CT molecular complexity index is 416. The molecule has 0 bridgehead atoms. The molecular formula is C12H12O2. The van der Waals surface area contributed by atoms with Gasteiger partial charge in [0.1, 0.15) is 12.4 Å². The molecule has 0 atom stereocenters. The lowest BCUT2D eigenvalue weighted by molar-refractivity contribution is -0.113. The Kier molecular flexibility index (Phi) is 2.12. The van der Waals surface area contributed by atoms with Crippen LogP contribution in [0.25, 0.3) is 6.08 Å². The van der Waals surface area contributed by atoms with Gasteiger partial charge in [0, 0.05) is 11.1 Å². The van der Waals surface area contributed by atoms with Crippen LogP contribution in [0.2, 0.25) is 0 Å². The standard InChI is InChI=1S/C12H12O2/c1-8-4-3-5-12-11(8)6-10(7-14-12)9(2)13/h3-6H,7H2,1-2H3. The largest absolute Gasteiger partial charge is 0.488 e. The van der Waals surface area contributed by atoms with Gasteiger partial charge in [-0.2, -0.15) is 0 Å². The topological polar surface area (TPSA) is 26.3 Å². The minimum Gasteiger partial charge on any atom is -0.488 e. The molecule has 1 aromatic carbocycles. The molecule has 0 fully saturated rings. The highest BCUT2D eigenvalue weighted by Gasteiger charge is 2.14. The number of Topliss-reactive ketones (excluding diaryl/α,β-unsaturated/α-hetero) is 1. The van der Waals surface area contributed by atoms with E-state index in [2.05, 4.69) is 0 Å². The van der Waals surface area contributed by atoms with Crippen molar-refractivity contribution in [2.24, 2.45) is 0 Å². The van der Waals surface area contributed by atoms with Gasteiger partial charge in [0.25, 0.3) is 0 Å². The van der Waals surface area contributed by atoms with Crippen LogP contribution in [0, 0.1) is 6.92 Å². The molecule has 14 heavy (non-hydrogen) atoms. The first kappa shape index (κ1) is 9.00. The smallest absolute Gasteiger partial charge is 0.159 e. The molecule has 0 aliphatic carbocycles. The number of hydrogen-bond donors (Lipinski definition) is 0. The summed E-state index contributed by atoms with van der Waals surface area (Å²) in [6.07, 6.45) is 1.93. The van der Waals surface area contributed by atoms with Gasteiger partial charge in [0.05, 0.1) is 0 Å². The van der Waals surface area contributed by atoms with Crippen molar-refractivity contribution in [2.75, 3.05) is 6.61 Å². The molecule has 0 spiro atoms. The molecule has 1 aliphatic heterocycles. The molecule has 1 heterocycles. The summed E-state index contributed by atoms with van der Waals surface area (Å²) in [5, 5.41) is 0. The lowest BCUT2D eigenvalue weighted by Crippen LogP contribution is -2.12. The number of carbonyl (C=O) groups is 1. The van der Waals surface area contributed by atoms with Gasteiger partial charge in [0.2, 0.25) is 0 Å². The molecule has 0 saturated carbocycles. The second-order valence-electron chi connectivity index (χ2n) is 3.50. The number of ketones is 1. The fourth-order valence-corrected chi connectivity index (χ4v) is 1.54. The van der Waals surface area contributed by atoms with E-state index < -0.39 is 0 Å². The zero-order chi connectivity index (χ0) is 10.1. The maximum Gasteiger partial charge on any atom is 0.159 e. The van der Waals surface area contributed by atoms with Gasteiger partial charge in [-0.1, -0.05) is 12.1 Å².